The molecule has 2 aromatic carbocycles. The maximum atomic E-state index is 13.3. The Bertz CT molecular complexity index is 1130. The third-order valence-corrected chi connectivity index (χ3v) is 7.08. The molecule has 2 heterocycles. The Balaban J connectivity index is 1.32. The molecule has 1 aromatic heterocycles. The van der Waals surface area contributed by atoms with Crippen molar-refractivity contribution in [2.75, 3.05) is 0 Å². The van der Waals surface area contributed by atoms with E-state index in [0.29, 0.717) is 19.4 Å². The van der Waals surface area contributed by atoms with Crippen molar-refractivity contribution in [1.29, 1.82) is 0 Å². The van der Waals surface area contributed by atoms with Crippen molar-refractivity contribution in [2.24, 2.45) is 0 Å². The molecule has 1 aliphatic heterocycles. The highest BCUT2D eigenvalue weighted by Crippen LogP contribution is 2.21. The molecule has 1 aliphatic carbocycles. The fourth-order valence-electron chi connectivity index (χ4n) is 5.19. The molecule has 0 saturated heterocycles. The summed E-state index contributed by atoms with van der Waals surface area (Å²) in [5.74, 6) is -0.204. The van der Waals surface area contributed by atoms with Crippen LogP contribution in [0.3, 0.4) is 0 Å². The number of aromatic amines is 1. The van der Waals surface area contributed by atoms with Gasteiger partial charge in [0.1, 0.15) is 6.04 Å². The van der Waals surface area contributed by atoms with Gasteiger partial charge < -0.3 is 20.9 Å². The lowest BCUT2D eigenvalue weighted by molar-refractivity contribution is -0.130. The second kappa shape index (κ2) is 9.79. The molecule has 2 atom stereocenters. The summed E-state index contributed by atoms with van der Waals surface area (Å²) in [7, 11) is 0. The zero-order chi connectivity index (χ0) is 22.6. The Hall–Kier alpha value is -3.12. The highest BCUT2D eigenvalue weighted by molar-refractivity contribution is 5.91. The van der Waals surface area contributed by atoms with Gasteiger partial charge in [0.05, 0.1) is 6.04 Å². The van der Waals surface area contributed by atoms with E-state index in [1.54, 1.807) is 0 Å². The summed E-state index contributed by atoms with van der Waals surface area (Å²) in [4.78, 5) is 29.9. The Kier molecular flexibility index (Phi) is 6.44. The van der Waals surface area contributed by atoms with Gasteiger partial charge in [-0.2, -0.15) is 0 Å². The van der Waals surface area contributed by atoms with Gasteiger partial charge in [0.15, 0.2) is 0 Å². The van der Waals surface area contributed by atoms with E-state index in [1.165, 1.54) is 17.5 Å². The SMILES string of the molecule is O=C(N[C@H](Cc1c[nH]c2ccccc12)C(=O)NC1CCCCC1)[C@H]1Cc2ccccc2CN1. The van der Waals surface area contributed by atoms with E-state index < -0.39 is 6.04 Å². The number of hydrogen-bond donors (Lipinski definition) is 4. The molecule has 1 saturated carbocycles. The fourth-order valence-corrected chi connectivity index (χ4v) is 5.19. The molecular formula is C27H32N4O2. The first kappa shape index (κ1) is 21.7. The van der Waals surface area contributed by atoms with Crippen LogP contribution >= 0.6 is 0 Å². The van der Waals surface area contributed by atoms with Crippen LogP contribution in [0.1, 0.15) is 48.8 Å². The van der Waals surface area contributed by atoms with Crippen LogP contribution in [0, 0.1) is 0 Å². The van der Waals surface area contributed by atoms with Crippen molar-refractivity contribution < 1.29 is 9.59 Å². The number of rotatable bonds is 6. The third kappa shape index (κ3) is 4.96. The molecule has 3 aromatic rings. The van der Waals surface area contributed by atoms with Crippen LogP contribution in [0.25, 0.3) is 10.9 Å². The van der Waals surface area contributed by atoms with E-state index in [2.05, 4.69) is 39.1 Å². The molecule has 6 nitrogen and oxygen atoms in total. The van der Waals surface area contributed by atoms with Gasteiger partial charge in [0.25, 0.3) is 0 Å². The Morgan fingerprint density at radius 3 is 2.58 bits per heavy atom. The standard InChI is InChI=1S/C27H32N4O2/c32-26(24-14-18-8-4-5-9-19(18)16-29-24)31-25(27(33)30-21-10-2-1-3-11-21)15-20-17-28-23-13-7-6-12-22(20)23/h4-9,12-13,17,21,24-25,28-29H,1-3,10-11,14-16H2,(H,30,33)(H,31,32)/t24-,25-/m1/s1. The molecule has 0 radical (unpaired) electrons. The van der Waals surface area contributed by atoms with Crippen molar-refractivity contribution in [2.45, 2.75) is 69.6 Å². The smallest absolute Gasteiger partial charge is 0.243 e. The number of amides is 2. The predicted molar refractivity (Wildman–Crippen MR) is 130 cm³/mol. The molecule has 2 aliphatic rings. The van der Waals surface area contributed by atoms with Crippen molar-refractivity contribution in [1.82, 2.24) is 20.9 Å². The summed E-state index contributed by atoms with van der Waals surface area (Å²) in [5, 5.41) is 10.7. The molecule has 1 fully saturated rings. The molecule has 0 spiro atoms. The van der Waals surface area contributed by atoms with Crippen LogP contribution < -0.4 is 16.0 Å². The quantitative estimate of drug-likeness (QED) is 0.470. The first-order valence-electron chi connectivity index (χ1n) is 12.1. The number of aromatic nitrogens is 1. The van der Waals surface area contributed by atoms with E-state index in [9.17, 15) is 9.59 Å². The second-order valence-corrected chi connectivity index (χ2v) is 9.37. The van der Waals surface area contributed by atoms with E-state index in [4.69, 9.17) is 0 Å². The number of benzene rings is 2. The number of para-hydroxylation sites is 1. The van der Waals surface area contributed by atoms with Crippen LogP contribution in [0.15, 0.2) is 54.7 Å². The van der Waals surface area contributed by atoms with Crippen molar-refractivity contribution in [3.05, 3.63) is 71.4 Å². The maximum absolute atomic E-state index is 13.3. The minimum absolute atomic E-state index is 0.0864. The molecule has 0 bridgehead atoms. The first-order chi connectivity index (χ1) is 16.2. The summed E-state index contributed by atoms with van der Waals surface area (Å²) in [6.45, 7) is 0.662. The number of carbonyl (C=O) groups is 2. The predicted octanol–water partition coefficient (Wildman–Crippen LogP) is 3.36. The highest BCUT2D eigenvalue weighted by Gasteiger charge is 2.30. The molecule has 4 N–H and O–H groups in total. The average molecular weight is 445 g/mol. The summed E-state index contributed by atoms with van der Waals surface area (Å²) >= 11 is 0. The fraction of sp³-hybridized carbons (Fsp3) is 0.407. The number of H-pyrrole nitrogens is 1. The minimum Gasteiger partial charge on any atom is -0.361 e. The average Bonchev–Trinajstić information content (AvgIpc) is 3.26. The van der Waals surface area contributed by atoms with Crippen LogP contribution in [-0.2, 0) is 29.0 Å². The summed E-state index contributed by atoms with van der Waals surface area (Å²) in [6, 6.07) is 15.5. The van der Waals surface area contributed by atoms with Crippen molar-refractivity contribution in [3.8, 4) is 0 Å². The van der Waals surface area contributed by atoms with Gasteiger partial charge in [0.2, 0.25) is 11.8 Å². The minimum atomic E-state index is -0.613. The normalized spacial score (nSPS) is 19.6. The molecule has 172 valence electrons. The second-order valence-electron chi connectivity index (χ2n) is 9.37. The van der Waals surface area contributed by atoms with Gasteiger partial charge in [-0.3, -0.25) is 9.59 Å². The molecule has 5 rings (SSSR count). The third-order valence-electron chi connectivity index (χ3n) is 7.08. The van der Waals surface area contributed by atoms with Crippen LogP contribution in [-0.4, -0.2) is 34.9 Å². The Labute approximate surface area is 194 Å². The van der Waals surface area contributed by atoms with Gasteiger partial charge in [-0.15, -0.1) is 0 Å². The summed E-state index contributed by atoms with van der Waals surface area (Å²) in [5.41, 5.74) is 4.50. The molecular weight excluding hydrogens is 412 g/mol. The van der Waals surface area contributed by atoms with Gasteiger partial charge in [-0.05, 0) is 42.0 Å². The van der Waals surface area contributed by atoms with Gasteiger partial charge in [0, 0.05) is 36.1 Å². The van der Waals surface area contributed by atoms with E-state index in [-0.39, 0.29) is 23.9 Å². The Morgan fingerprint density at radius 2 is 1.73 bits per heavy atom. The van der Waals surface area contributed by atoms with Crippen LogP contribution in [0.2, 0.25) is 0 Å². The molecule has 33 heavy (non-hydrogen) atoms. The summed E-state index contributed by atoms with van der Waals surface area (Å²) < 4.78 is 0. The van der Waals surface area contributed by atoms with Crippen molar-refractivity contribution >= 4 is 22.7 Å². The van der Waals surface area contributed by atoms with Gasteiger partial charge in [-0.25, -0.2) is 0 Å². The number of carbonyl (C=O) groups excluding carboxylic acids is 2. The lowest BCUT2D eigenvalue weighted by atomic mass is 9.94. The molecule has 6 heteroatoms. The van der Waals surface area contributed by atoms with E-state index in [0.717, 1.165) is 42.1 Å². The number of fused-ring (bicyclic) bond motifs is 2. The number of nitrogens with one attached hydrogen (secondary N) is 4. The van der Waals surface area contributed by atoms with E-state index >= 15 is 0 Å². The molecule has 2 amide bonds. The topological polar surface area (TPSA) is 86.0 Å². The lowest BCUT2D eigenvalue weighted by Gasteiger charge is -2.29. The largest absolute Gasteiger partial charge is 0.361 e. The van der Waals surface area contributed by atoms with Crippen LogP contribution in [0.4, 0.5) is 0 Å². The summed E-state index contributed by atoms with van der Waals surface area (Å²) in [6.07, 6.45) is 8.60. The monoisotopic (exact) mass is 444 g/mol. The van der Waals surface area contributed by atoms with Crippen LogP contribution in [0.5, 0.6) is 0 Å². The van der Waals surface area contributed by atoms with E-state index in [1.807, 2.05) is 36.5 Å². The maximum Gasteiger partial charge on any atom is 0.243 e. The lowest BCUT2D eigenvalue weighted by Crippen LogP contribution is -2.56. The van der Waals surface area contributed by atoms with Gasteiger partial charge >= 0.3 is 0 Å². The molecule has 0 unspecified atom stereocenters. The highest BCUT2D eigenvalue weighted by atomic mass is 16.2. The zero-order valence-corrected chi connectivity index (χ0v) is 18.9. The first-order valence-corrected chi connectivity index (χ1v) is 12.1. The zero-order valence-electron chi connectivity index (χ0n) is 18.9. The number of hydrogen-bond acceptors (Lipinski definition) is 3. The van der Waals surface area contributed by atoms with Crippen molar-refractivity contribution in [3.63, 3.8) is 0 Å². The van der Waals surface area contributed by atoms with Gasteiger partial charge in [-0.1, -0.05) is 61.7 Å². The Morgan fingerprint density at radius 1 is 0.970 bits per heavy atom.